The molecule has 2 N–H and O–H groups in total. The lowest BCUT2D eigenvalue weighted by atomic mass is 10.1. The van der Waals surface area contributed by atoms with Crippen molar-refractivity contribution in [1.82, 2.24) is 5.32 Å². The van der Waals surface area contributed by atoms with Crippen LogP contribution in [-0.2, 0) is 6.54 Å². The second-order valence-electron chi connectivity index (χ2n) is 4.32. The van der Waals surface area contributed by atoms with Gasteiger partial charge >= 0.3 is 0 Å². The molecule has 0 radical (unpaired) electrons. The van der Waals surface area contributed by atoms with Crippen LogP contribution in [0.15, 0.2) is 24.3 Å². The first-order valence-corrected chi connectivity index (χ1v) is 6.30. The predicted octanol–water partition coefficient (Wildman–Crippen LogP) is 2.19. The maximum absolute atomic E-state index is 8.76. The highest BCUT2D eigenvalue weighted by atomic mass is 16.5. The first-order chi connectivity index (χ1) is 8.27. The van der Waals surface area contributed by atoms with E-state index < -0.39 is 0 Å². The molecule has 1 unspecified atom stereocenters. The minimum absolute atomic E-state index is 0.0502. The monoisotopic (exact) mass is 237 g/mol. The zero-order valence-electron chi connectivity index (χ0n) is 10.8. The van der Waals surface area contributed by atoms with E-state index in [1.165, 1.54) is 6.42 Å². The third-order valence-corrected chi connectivity index (χ3v) is 2.83. The van der Waals surface area contributed by atoms with Gasteiger partial charge in [0.2, 0.25) is 0 Å². The highest BCUT2D eigenvalue weighted by molar-refractivity contribution is 5.33. The maximum Gasteiger partial charge on any atom is 0.123 e. The third-order valence-electron chi connectivity index (χ3n) is 2.83. The van der Waals surface area contributed by atoms with Gasteiger partial charge < -0.3 is 15.2 Å². The Labute approximate surface area is 104 Å². The Kier molecular flexibility index (Phi) is 6.67. The topological polar surface area (TPSA) is 41.5 Å². The summed E-state index contributed by atoms with van der Waals surface area (Å²) in [5.74, 6) is 1.55. The lowest BCUT2D eigenvalue weighted by Gasteiger charge is -2.13. The van der Waals surface area contributed by atoms with E-state index in [4.69, 9.17) is 9.84 Å². The van der Waals surface area contributed by atoms with Crippen molar-refractivity contribution >= 4 is 0 Å². The van der Waals surface area contributed by atoms with E-state index in [1.54, 1.807) is 0 Å². The minimum Gasteiger partial charge on any atom is -0.491 e. The molecule has 0 aliphatic heterocycles. The van der Waals surface area contributed by atoms with Gasteiger partial charge in [-0.15, -0.1) is 0 Å². The fourth-order valence-electron chi connectivity index (χ4n) is 1.54. The van der Waals surface area contributed by atoms with Crippen LogP contribution in [0, 0.1) is 5.92 Å². The summed E-state index contributed by atoms with van der Waals surface area (Å²) in [6.45, 7) is 6.67. The molecule has 0 aliphatic carbocycles. The SMILES string of the molecule is CCC(C)CNCc1ccccc1OCCO. The van der Waals surface area contributed by atoms with Gasteiger partial charge in [-0.1, -0.05) is 38.5 Å². The number of rotatable bonds is 8. The molecule has 0 fully saturated rings. The molecule has 0 saturated heterocycles. The number of benzene rings is 1. The summed E-state index contributed by atoms with van der Waals surface area (Å²) in [5.41, 5.74) is 1.14. The van der Waals surface area contributed by atoms with Crippen molar-refractivity contribution in [3.05, 3.63) is 29.8 Å². The van der Waals surface area contributed by atoms with Crippen molar-refractivity contribution in [1.29, 1.82) is 0 Å². The van der Waals surface area contributed by atoms with Crippen molar-refractivity contribution < 1.29 is 9.84 Å². The number of aliphatic hydroxyl groups is 1. The van der Waals surface area contributed by atoms with E-state index >= 15 is 0 Å². The first kappa shape index (κ1) is 14.0. The standard InChI is InChI=1S/C14H23NO2/c1-3-12(2)10-15-11-13-6-4-5-7-14(13)17-9-8-16/h4-7,12,15-16H,3,8-11H2,1-2H3. The van der Waals surface area contributed by atoms with Crippen molar-refractivity contribution in [3.63, 3.8) is 0 Å². The molecular weight excluding hydrogens is 214 g/mol. The lowest BCUT2D eigenvalue weighted by molar-refractivity contribution is 0.200. The Morgan fingerprint density at radius 2 is 2.12 bits per heavy atom. The van der Waals surface area contributed by atoms with Crippen LogP contribution in [0.25, 0.3) is 0 Å². The number of aliphatic hydroxyl groups excluding tert-OH is 1. The average molecular weight is 237 g/mol. The summed E-state index contributed by atoms with van der Waals surface area (Å²) in [4.78, 5) is 0. The molecular formula is C14H23NO2. The van der Waals surface area contributed by atoms with Crippen LogP contribution in [0.5, 0.6) is 5.75 Å². The zero-order chi connectivity index (χ0) is 12.5. The van der Waals surface area contributed by atoms with Crippen LogP contribution in [0.1, 0.15) is 25.8 Å². The van der Waals surface area contributed by atoms with E-state index in [-0.39, 0.29) is 6.61 Å². The maximum atomic E-state index is 8.76. The molecule has 1 aromatic carbocycles. The Bertz CT molecular complexity index is 315. The van der Waals surface area contributed by atoms with Crippen LogP contribution < -0.4 is 10.1 Å². The van der Waals surface area contributed by atoms with Crippen molar-refractivity contribution in [2.45, 2.75) is 26.8 Å². The summed E-state index contributed by atoms with van der Waals surface area (Å²) in [6.07, 6.45) is 1.19. The van der Waals surface area contributed by atoms with E-state index in [2.05, 4.69) is 25.2 Å². The smallest absolute Gasteiger partial charge is 0.123 e. The van der Waals surface area contributed by atoms with Crippen molar-refractivity contribution in [2.24, 2.45) is 5.92 Å². The predicted molar refractivity (Wildman–Crippen MR) is 70.2 cm³/mol. The number of hydrogen-bond acceptors (Lipinski definition) is 3. The van der Waals surface area contributed by atoms with Crippen molar-refractivity contribution in [2.75, 3.05) is 19.8 Å². The quantitative estimate of drug-likeness (QED) is 0.728. The molecule has 0 aromatic heterocycles. The Morgan fingerprint density at radius 3 is 2.82 bits per heavy atom. The van der Waals surface area contributed by atoms with Gasteiger partial charge in [0.15, 0.2) is 0 Å². The number of ether oxygens (including phenoxy) is 1. The highest BCUT2D eigenvalue weighted by Gasteiger charge is 2.03. The van der Waals surface area contributed by atoms with Gasteiger partial charge in [-0.05, 0) is 18.5 Å². The first-order valence-electron chi connectivity index (χ1n) is 6.30. The molecule has 1 rings (SSSR count). The molecule has 0 amide bonds. The highest BCUT2D eigenvalue weighted by Crippen LogP contribution is 2.17. The van der Waals surface area contributed by atoms with Crippen LogP contribution in [-0.4, -0.2) is 24.9 Å². The Morgan fingerprint density at radius 1 is 1.35 bits per heavy atom. The van der Waals surface area contributed by atoms with E-state index in [9.17, 15) is 0 Å². The molecule has 96 valence electrons. The molecule has 0 bridgehead atoms. The Balaban J connectivity index is 2.45. The van der Waals surface area contributed by atoms with E-state index in [1.807, 2.05) is 18.2 Å². The van der Waals surface area contributed by atoms with Gasteiger partial charge in [0, 0.05) is 12.1 Å². The lowest BCUT2D eigenvalue weighted by Crippen LogP contribution is -2.20. The Hall–Kier alpha value is -1.06. The average Bonchev–Trinajstić information content (AvgIpc) is 2.37. The second kappa shape index (κ2) is 8.09. The van der Waals surface area contributed by atoms with Gasteiger partial charge in [0.25, 0.3) is 0 Å². The molecule has 17 heavy (non-hydrogen) atoms. The minimum atomic E-state index is 0.0502. The van der Waals surface area contributed by atoms with Crippen molar-refractivity contribution in [3.8, 4) is 5.75 Å². The second-order valence-corrected chi connectivity index (χ2v) is 4.32. The van der Waals surface area contributed by atoms with Crippen LogP contribution in [0.4, 0.5) is 0 Å². The summed E-state index contributed by atoms with van der Waals surface area (Å²) in [5, 5.41) is 12.2. The summed E-state index contributed by atoms with van der Waals surface area (Å²) >= 11 is 0. The van der Waals surface area contributed by atoms with Crippen LogP contribution >= 0.6 is 0 Å². The van der Waals surface area contributed by atoms with Crippen LogP contribution in [0.3, 0.4) is 0 Å². The zero-order valence-corrected chi connectivity index (χ0v) is 10.8. The van der Waals surface area contributed by atoms with Gasteiger partial charge in [-0.2, -0.15) is 0 Å². The fourth-order valence-corrected chi connectivity index (χ4v) is 1.54. The van der Waals surface area contributed by atoms with Gasteiger partial charge in [-0.25, -0.2) is 0 Å². The summed E-state index contributed by atoms with van der Waals surface area (Å²) in [7, 11) is 0. The third kappa shape index (κ3) is 5.20. The molecule has 1 aromatic rings. The van der Waals surface area contributed by atoms with Gasteiger partial charge in [0.1, 0.15) is 12.4 Å². The fraction of sp³-hybridized carbons (Fsp3) is 0.571. The molecule has 1 atom stereocenters. The molecule has 0 saturated carbocycles. The molecule has 0 heterocycles. The van der Waals surface area contributed by atoms with Gasteiger partial charge in [-0.3, -0.25) is 0 Å². The molecule has 0 spiro atoms. The van der Waals surface area contributed by atoms with E-state index in [0.29, 0.717) is 12.5 Å². The molecule has 0 aliphatic rings. The van der Waals surface area contributed by atoms with Crippen LogP contribution in [0.2, 0.25) is 0 Å². The molecule has 3 nitrogen and oxygen atoms in total. The van der Waals surface area contributed by atoms with Gasteiger partial charge in [0.05, 0.1) is 6.61 Å². The number of hydrogen-bond donors (Lipinski definition) is 2. The normalized spacial score (nSPS) is 12.4. The number of nitrogens with one attached hydrogen (secondary N) is 1. The van der Waals surface area contributed by atoms with E-state index in [0.717, 1.165) is 24.4 Å². The largest absolute Gasteiger partial charge is 0.491 e. The summed E-state index contributed by atoms with van der Waals surface area (Å²) in [6, 6.07) is 7.95. The molecule has 3 heteroatoms. The number of para-hydroxylation sites is 1. The summed E-state index contributed by atoms with van der Waals surface area (Å²) < 4.78 is 5.48.